The molecule has 0 bridgehead atoms. The molecular formula is C15H19NO3S. The number of hydrogen-bond donors (Lipinski definition) is 0. The molecule has 2 aliphatic rings. The molecule has 0 N–H and O–H groups in total. The molecule has 20 heavy (non-hydrogen) atoms. The molecule has 1 aromatic rings. The zero-order chi connectivity index (χ0) is 14.2. The van der Waals surface area contributed by atoms with E-state index in [-0.39, 0.29) is 23.3 Å². The Bertz CT molecular complexity index is 610. The summed E-state index contributed by atoms with van der Waals surface area (Å²) in [4.78, 5) is 14.4. The van der Waals surface area contributed by atoms with Gasteiger partial charge in [0.25, 0.3) is 0 Å². The van der Waals surface area contributed by atoms with Crippen LogP contribution in [-0.4, -0.2) is 37.3 Å². The molecule has 5 heteroatoms. The van der Waals surface area contributed by atoms with Gasteiger partial charge in [-0.3, -0.25) is 4.79 Å². The van der Waals surface area contributed by atoms with Crippen LogP contribution in [0.2, 0.25) is 0 Å². The minimum Gasteiger partial charge on any atom is -0.338 e. The van der Waals surface area contributed by atoms with Crippen LogP contribution in [0, 0.1) is 5.92 Å². The molecule has 1 aromatic carbocycles. The molecule has 4 nitrogen and oxygen atoms in total. The molecule has 0 aromatic heterocycles. The first-order valence-corrected chi connectivity index (χ1v) is 8.93. The predicted octanol–water partition coefficient (Wildman–Crippen LogP) is 1.40. The van der Waals surface area contributed by atoms with Crippen LogP contribution in [0.25, 0.3) is 0 Å². The normalized spacial score (nSPS) is 22.3. The minimum absolute atomic E-state index is 0.108. The Morgan fingerprint density at radius 3 is 2.45 bits per heavy atom. The number of amides is 1. The number of fused-ring (bicyclic) bond motifs is 1. The van der Waals surface area contributed by atoms with E-state index in [2.05, 4.69) is 12.1 Å². The van der Waals surface area contributed by atoms with Gasteiger partial charge in [0.05, 0.1) is 11.5 Å². The molecule has 2 heterocycles. The van der Waals surface area contributed by atoms with Crippen LogP contribution in [0.1, 0.15) is 24.0 Å². The number of rotatable bonds is 1. The molecule has 0 saturated carbocycles. The largest absolute Gasteiger partial charge is 0.338 e. The summed E-state index contributed by atoms with van der Waals surface area (Å²) in [6.45, 7) is 1.41. The van der Waals surface area contributed by atoms with Crippen molar-refractivity contribution in [2.75, 3.05) is 18.1 Å². The van der Waals surface area contributed by atoms with Crippen molar-refractivity contribution >= 4 is 15.7 Å². The van der Waals surface area contributed by atoms with E-state index in [0.717, 1.165) is 13.0 Å². The maximum Gasteiger partial charge on any atom is 0.226 e. The lowest BCUT2D eigenvalue weighted by molar-refractivity contribution is -0.136. The molecule has 0 atom stereocenters. The van der Waals surface area contributed by atoms with E-state index in [1.165, 1.54) is 11.1 Å². The van der Waals surface area contributed by atoms with Crippen molar-refractivity contribution in [1.82, 2.24) is 4.90 Å². The second-order valence-electron chi connectivity index (χ2n) is 5.70. The maximum atomic E-state index is 12.5. The summed E-state index contributed by atoms with van der Waals surface area (Å²) < 4.78 is 22.9. The number of benzene rings is 1. The van der Waals surface area contributed by atoms with Crippen molar-refractivity contribution in [3.63, 3.8) is 0 Å². The quantitative estimate of drug-likeness (QED) is 0.786. The number of hydrogen-bond acceptors (Lipinski definition) is 3. The summed E-state index contributed by atoms with van der Waals surface area (Å²) in [5.74, 6) is 0.347. The smallest absolute Gasteiger partial charge is 0.226 e. The highest BCUT2D eigenvalue weighted by atomic mass is 32.2. The van der Waals surface area contributed by atoms with Gasteiger partial charge in [0.15, 0.2) is 0 Å². The Balaban J connectivity index is 1.68. The SMILES string of the molecule is O=C(C1CCS(=O)(=O)CC1)N1CCc2ccccc2C1. The highest BCUT2D eigenvalue weighted by Crippen LogP contribution is 2.25. The Labute approximate surface area is 119 Å². The Kier molecular flexibility index (Phi) is 3.54. The Morgan fingerprint density at radius 2 is 1.75 bits per heavy atom. The molecule has 3 rings (SSSR count). The van der Waals surface area contributed by atoms with E-state index in [1.807, 2.05) is 17.0 Å². The lowest BCUT2D eigenvalue weighted by Gasteiger charge is -2.33. The summed E-state index contributed by atoms with van der Waals surface area (Å²) >= 11 is 0. The van der Waals surface area contributed by atoms with E-state index in [4.69, 9.17) is 0 Å². The van der Waals surface area contributed by atoms with Gasteiger partial charge in [-0.05, 0) is 30.4 Å². The third-order valence-electron chi connectivity index (χ3n) is 4.35. The first-order chi connectivity index (χ1) is 9.55. The van der Waals surface area contributed by atoms with Crippen LogP contribution in [-0.2, 0) is 27.6 Å². The van der Waals surface area contributed by atoms with Gasteiger partial charge in [0.1, 0.15) is 9.84 Å². The molecule has 1 fully saturated rings. The van der Waals surface area contributed by atoms with Crippen molar-refractivity contribution in [2.45, 2.75) is 25.8 Å². The van der Waals surface area contributed by atoms with Crippen LogP contribution in [0.15, 0.2) is 24.3 Å². The second-order valence-corrected chi connectivity index (χ2v) is 8.01. The minimum atomic E-state index is -2.90. The summed E-state index contributed by atoms with van der Waals surface area (Å²) in [7, 11) is -2.90. The average Bonchev–Trinajstić information content (AvgIpc) is 2.46. The van der Waals surface area contributed by atoms with Crippen molar-refractivity contribution in [2.24, 2.45) is 5.92 Å². The molecule has 108 valence electrons. The first kappa shape index (κ1) is 13.6. The van der Waals surface area contributed by atoms with Gasteiger partial charge in [-0.1, -0.05) is 24.3 Å². The van der Waals surface area contributed by atoms with E-state index >= 15 is 0 Å². The summed E-state index contributed by atoms with van der Waals surface area (Å²) in [5.41, 5.74) is 2.54. The zero-order valence-electron chi connectivity index (χ0n) is 11.4. The average molecular weight is 293 g/mol. The van der Waals surface area contributed by atoms with Gasteiger partial charge in [-0.2, -0.15) is 0 Å². The fraction of sp³-hybridized carbons (Fsp3) is 0.533. The molecule has 2 aliphatic heterocycles. The van der Waals surface area contributed by atoms with Gasteiger partial charge < -0.3 is 4.90 Å². The van der Waals surface area contributed by atoms with E-state index in [0.29, 0.717) is 19.4 Å². The predicted molar refractivity (Wildman–Crippen MR) is 76.9 cm³/mol. The van der Waals surface area contributed by atoms with Gasteiger partial charge >= 0.3 is 0 Å². The van der Waals surface area contributed by atoms with E-state index in [1.54, 1.807) is 0 Å². The van der Waals surface area contributed by atoms with Crippen molar-refractivity contribution in [3.05, 3.63) is 35.4 Å². The van der Waals surface area contributed by atoms with E-state index in [9.17, 15) is 13.2 Å². The van der Waals surface area contributed by atoms with Gasteiger partial charge in [0, 0.05) is 19.0 Å². The van der Waals surface area contributed by atoms with Crippen molar-refractivity contribution < 1.29 is 13.2 Å². The third kappa shape index (κ3) is 2.73. The first-order valence-electron chi connectivity index (χ1n) is 7.11. The Morgan fingerprint density at radius 1 is 1.10 bits per heavy atom. The van der Waals surface area contributed by atoms with Crippen LogP contribution < -0.4 is 0 Å². The van der Waals surface area contributed by atoms with Crippen LogP contribution in [0.5, 0.6) is 0 Å². The lowest BCUT2D eigenvalue weighted by atomic mass is 9.96. The van der Waals surface area contributed by atoms with Crippen LogP contribution >= 0.6 is 0 Å². The number of carbonyl (C=O) groups is 1. The van der Waals surface area contributed by atoms with Crippen molar-refractivity contribution in [1.29, 1.82) is 0 Å². The highest BCUT2D eigenvalue weighted by molar-refractivity contribution is 7.91. The van der Waals surface area contributed by atoms with Gasteiger partial charge in [-0.25, -0.2) is 8.42 Å². The molecule has 0 aliphatic carbocycles. The third-order valence-corrected chi connectivity index (χ3v) is 6.06. The van der Waals surface area contributed by atoms with Gasteiger partial charge in [0.2, 0.25) is 5.91 Å². The fourth-order valence-electron chi connectivity index (χ4n) is 3.08. The zero-order valence-corrected chi connectivity index (χ0v) is 12.2. The van der Waals surface area contributed by atoms with Crippen LogP contribution in [0.4, 0.5) is 0 Å². The topological polar surface area (TPSA) is 54.5 Å². The molecule has 0 radical (unpaired) electrons. The molecular weight excluding hydrogens is 274 g/mol. The Hall–Kier alpha value is -1.36. The second kappa shape index (κ2) is 5.20. The van der Waals surface area contributed by atoms with Gasteiger partial charge in [-0.15, -0.1) is 0 Å². The molecule has 1 amide bonds. The van der Waals surface area contributed by atoms with E-state index < -0.39 is 9.84 Å². The fourth-order valence-corrected chi connectivity index (χ4v) is 4.57. The van der Waals surface area contributed by atoms with Crippen molar-refractivity contribution in [3.8, 4) is 0 Å². The molecule has 0 unspecified atom stereocenters. The lowest BCUT2D eigenvalue weighted by Crippen LogP contribution is -2.42. The summed E-state index contributed by atoms with van der Waals surface area (Å²) in [5, 5.41) is 0. The monoisotopic (exact) mass is 293 g/mol. The number of carbonyl (C=O) groups excluding carboxylic acids is 1. The molecule has 1 saturated heterocycles. The number of nitrogens with zero attached hydrogens (tertiary/aromatic N) is 1. The summed E-state index contributed by atoms with van der Waals surface area (Å²) in [6, 6.07) is 8.22. The molecule has 0 spiro atoms. The van der Waals surface area contributed by atoms with Crippen LogP contribution in [0.3, 0.4) is 0 Å². The number of sulfone groups is 1. The maximum absolute atomic E-state index is 12.5. The highest BCUT2D eigenvalue weighted by Gasteiger charge is 2.32. The standard InChI is InChI=1S/C15H19NO3S/c17-15(13-6-9-20(18,19)10-7-13)16-8-5-12-3-1-2-4-14(12)11-16/h1-4,13H,5-11H2. The summed E-state index contributed by atoms with van der Waals surface area (Å²) in [6.07, 6.45) is 1.87.